The van der Waals surface area contributed by atoms with Crippen LogP contribution in [0.1, 0.15) is 10.4 Å². The fourth-order valence-electron chi connectivity index (χ4n) is 2.35. The van der Waals surface area contributed by atoms with Gasteiger partial charge in [0, 0.05) is 11.9 Å². The van der Waals surface area contributed by atoms with Gasteiger partial charge in [-0.3, -0.25) is 4.79 Å². The first-order chi connectivity index (χ1) is 11.3. The Kier molecular flexibility index (Phi) is 3.59. The SMILES string of the molecule is O=C(O)c1cn(-c2ccc(F)cc2)c2c(F)c(F)c(F)cc2c1=O. The van der Waals surface area contributed by atoms with Crippen LogP contribution in [0.4, 0.5) is 17.6 Å². The number of carbonyl (C=O) groups is 1. The lowest BCUT2D eigenvalue weighted by molar-refractivity contribution is 0.0695. The van der Waals surface area contributed by atoms with Crippen LogP contribution < -0.4 is 5.43 Å². The van der Waals surface area contributed by atoms with E-state index in [1.165, 1.54) is 12.1 Å². The monoisotopic (exact) mass is 337 g/mol. The molecule has 0 radical (unpaired) electrons. The Morgan fingerprint density at radius 1 is 1.00 bits per heavy atom. The van der Waals surface area contributed by atoms with Crippen LogP contribution >= 0.6 is 0 Å². The number of benzene rings is 2. The minimum atomic E-state index is -1.80. The second-order valence-corrected chi connectivity index (χ2v) is 4.91. The summed E-state index contributed by atoms with van der Waals surface area (Å²) in [6.07, 6.45) is 0.778. The molecule has 0 aliphatic rings. The van der Waals surface area contributed by atoms with Crippen molar-refractivity contribution in [3.05, 3.63) is 75.6 Å². The lowest BCUT2D eigenvalue weighted by atomic mass is 10.1. The molecule has 3 aromatic rings. The highest BCUT2D eigenvalue weighted by Crippen LogP contribution is 2.24. The van der Waals surface area contributed by atoms with Crippen molar-refractivity contribution in [3.8, 4) is 5.69 Å². The third-order valence-electron chi connectivity index (χ3n) is 3.46. The smallest absolute Gasteiger partial charge is 0.341 e. The highest BCUT2D eigenvalue weighted by molar-refractivity contribution is 5.93. The van der Waals surface area contributed by atoms with Gasteiger partial charge in [-0.25, -0.2) is 22.4 Å². The Labute approximate surface area is 131 Å². The van der Waals surface area contributed by atoms with Gasteiger partial charge in [-0.15, -0.1) is 0 Å². The van der Waals surface area contributed by atoms with Gasteiger partial charge in [0.15, 0.2) is 17.5 Å². The fourth-order valence-corrected chi connectivity index (χ4v) is 2.35. The highest BCUT2D eigenvalue weighted by atomic mass is 19.2. The number of nitrogens with zero attached hydrogens (tertiary/aromatic N) is 1. The minimum Gasteiger partial charge on any atom is -0.477 e. The topological polar surface area (TPSA) is 59.3 Å². The van der Waals surface area contributed by atoms with Crippen molar-refractivity contribution < 1.29 is 27.5 Å². The minimum absolute atomic E-state index is 0.0637. The van der Waals surface area contributed by atoms with Crippen LogP contribution in [0.15, 0.2) is 41.3 Å². The molecule has 0 spiro atoms. The van der Waals surface area contributed by atoms with E-state index >= 15 is 0 Å². The van der Waals surface area contributed by atoms with Gasteiger partial charge in [-0.2, -0.15) is 0 Å². The molecule has 0 fully saturated rings. The molecule has 1 heterocycles. The first kappa shape index (κ1) is 15.7. The largest absolute Gasteiger partial charge is 0.477 e. The van der Waals surface area contributed by atoms with E-state index in [1.54, 1.807) is 0 Å². The molecule has 24 heavy (non-hydrogen) atoms. The van der Waals surface area contributed by atoms with Crippen LogP contribution in [0.25, 0.3) is 16.6 Å². The number of aromatic nitrogens is 1. The molecule has 122 valence electrons. The summed E-state index contributed by atoms with van der Waals surface area (Å²) < 4.78 is 55.1. The Bertz CT molecular complexity index is 1040. The third-order valence-corrected chi connectivity index (χ3v) is 3.46. The van der Waals surface area contributed by atoms with Gasteiger partial charge in [0.05, 0.1) is 10.9 Å². The molecule has 0 saturated carbocycles. The number of carboxylic acids is 1. The van der Waals surface area contributed by atoms with Crippen molar-refractivity contribution in [1.82, 2.24) is 4.57 Å². The summed E-state index contributed by atoms with van der Waals surface area (Å²) in [5.41, 5.74) is -2.50. The van der Waals surface area contributed by atoms with E-state index in [9.17, 15) is 27.2 Å². The van der Waals surface area contributed by atoms with Crippen molar-refractivity contribution in [2.24, 2.45) is 0 Å². The van der Waals surface area contributed by atoms with E-state index in [4.69, 9.17) is 5.11 Å². The van der Waals surface area contributed by atoms with Crippen LogP contribution in [-0.4, -0.2) is 15.6 Å². The lowest BCUT2D eigenvalue weighted by Crippen LogP contribution is -2.20. The molecule has 0 bridgehead atoms. The maximum absolute atomic E-state index is 14.2. The second-order valence-electron chi connectivity index (χ2n) is 4.91. The zero-order valence-corrected chi connectivity index (χ0v) is 11.7. The molecule has 0 unspecified atom stereocenters. The van der Waals surface area contributed by atoms with E-state index in [0.29, 0.717) is 6.07 Å². The molecule has 0 aliphatic heterocycles. The number of hydrogen-bond acceptors (Lipinski definition) is 2. The van der Waals surface area contributed by atoms with E-state index in [1.807, 2.05) is 0 Å². The lowest BCUT2D eigenvalue weighted by Gasteiger charge is -2.13. The van der Waals surface area contributed by atoms with Crippen LogP contribution in [0.2, 0.25) is 0 Å². The summed E-state index contributed by atoms with van der Waals surface area (Å²) in [6.45, 7) is 0. The molecule has 0 aliphatic carbocycles. The zero-order chi connectivity index (χ0) is 17.6. The normalized spacial score (nSPS) is 11.0. The zero-order valence-electron chi connectivity index (χ0n) is 11.7. The summed E-state index contributed by atoms with van der Waals surface area (Å²) in [7, 11) is 0. The quantitative estimate of drug-likeness (QED) is 0.577. The molecule has 0 saturated heterocycles. The van der Waals surface area contributed by atoms with Crippen LogP contribution in [0.3, 0.4) is 0 Å². The van der Waals surface area contributed by atoms with Crippen molar-refractivity contribution in [3.63, 3.8) is 0 Å². The standard InChI is InChI=1S/C16H7F4NO3/c17-7-1-3-8(4-2-7)21-6-10(16(23)24)15(22)9-5-11(18)12(19)13(20)14(9)21/h1-6H,(H,23,24). The predicted molar refractivity (Wildman–Crippen MR) is 76.3 cm³/mol. The van der Waals surface area contributed by atoms with Gasteiger partial charge in [0.2, 0.25) is 5.43 Å². The number of carboxylic acid groups (broad SMARTS) is 1. The Morgan fingerprint density at radius 3 is 2.21 bits per heavy atom. The first-order valence-corrected chi connectivity index (χ1v) is 6.53. The summed E-state index contributed by atoms with van der Waals surface area (Å²) >= 11 is 0. The summed E-state index contributed by atoms with van der Waals surface area (Å²) in [4.78, 5) is 23.3. The molecular formula is C16H7F4NO3. The number of fused-ring (bicyclic) bond motifs is 1. The van der Waals surface area contributed by atoms with Gasteiger partial charge in [-0.05, 0) is 30.3 Å². The third kappa shape index (κ3) is 2.32. The maximum Gasteiger partial charge on any atom is 0.341 e. The van der Waals surface area contributed by atoms with E-state index in [-0.39, 0.29) is 5.69 Å². The number of hydrogen-bond donors (Lipinski definition) is 1. The predicted octanol–water partition coefficient (Wildman–Crippen LogP) is 3.25. The molecule has 8 heteroatoms. The van der Waals surface area contributed by atoms with Gasteiger partial charge in [0.1, 0.15) is 11.4 Å². The highest BCUT2D eigenvalue weighted by Gasteiger charge is 2.22. The Morgan fingerprint density at radius 2 is 1.62 bits per heavy atom. The van der Waals surface area contributed by atoms with E-state index in [0.717, 1.165) is 22.9 Å². The van der Waals surface area contributed by atoms with Gasteiger partial charge < -0.3 is 9.67 Å². The average Bonchev–Trinajstić information content (AvgIpc) is 2.54. The maximum atomic E-state index is 14.2. The first-order valence-electron chi connectivity index (χ1n) is 6.53. The number of pyridine rings is 1. The number of aromatic carboxylic acids is 1. The average molecular weight is 337 g/mol. The van der Waals surface area contributed by atoms with Gasteiger partial charge in [0.25, 0.3) is 0 Å². The summed E-state index contributed by atoms with van der Waals surface area (Å²) in [5.74, 6) is -7.31. The molecule has 1 aromatic heterocycles. The van der Waals surface area contributed by atoms with Crippen LogP contribution in [0.5, 0.6) is 0 Å². The fraction of sp³-hybridized carbons (Fsp3) is 0. The van der Waals surface area contributed by atoms with Crippen LogP contribution in [-0.2, 0) is 0 Å². The van der Waals surface area contributed by atoms with Gasteiger partial charge in [-0.1, -0.05) is 0 Å². The van der Waals surface area contributed by atoms with Crippen molar-refractivity contribution in [2.75, 3.05) is 0 Å². The Hall–Kier alpha value is -3.16. The summed E-state index contributed by atoms with van der Waals surface area (Å²) in [5, 5.41) is 8.46. The number of rotatable bonds is 2. The number of halogens is 4. The molecule has 3 rings (SSSR count). The molecule has 2 aromatic carbocycles. The van der Waals surface area contributed by atoms with Crippen LogP contribution in [0, 0.1) is 23.3 Å². The molecule has 0 atom stereocenters. The molecule has 1 N–H and O–H groups in total. The summed E-state index contributed by atoms with van der Waals surface area (Å²) in [6, 6.07) is 4.80. The van der Waals surface area contributed by atoms with Crippen molar-refractivity contribution in [2.45, 2.75) is 0 Å². The van der Waals surface area contributed by atoms with E-state index < -0.39 is 51.1 Å². The Balaban J connectivity index is 2.53. The second kappa shape index (κ2) is 5.48. The molecule has 0 amide bonds. The van der Waals surface area contributed by atoms with Crippen molar-refractivity contribution >= 4 is 16.9 Å². The van der Waals surface area contributed by atoms with E-state index in [2.05, 4.69) is 0 Å². The van der Waals surface area contributed by atoms with Crippen molar-refractivity contribution in [1.29, 1.82) is 0 Å². The molecular weight excluding hydrogens is 330 g/mol. The van der Waals surface area contributed by atoms with Gasteiger partial charge >= 0.3 is 5.97 Å². The molecule has 4 nitrogen and oxygen atoms in total.